The van der Waals surface area contributed by atoms with E-state index in [0.717, 1.165) is 11.4 Å². The summed E-state index contributed by atoms with van der Waals surface area (Å²) >= 11 is 0. The summed E-state index contributed by atoms with van der Waals surface area (Å²) in [6, 6.07) is 13.8. The van der Waals surface area contributed by atoms with Gasteiger partial charge in [0.2, 0.25) is 0 Å². The molecule has 8 nitrogen and oxygen atoms in total. The van der Waals surface area contributed by atoms with Gasteiger partial charge in [-0.05, 0) is 48.5 Å². The molecular weight excluding hydrogens is 481 g/mol. The fraction of sp³-hybridized carbons (Fsp3) is 0.143. The molecule has 0 saturated carbocycles. The van der Waals surface area contributed by atoms with Gasteiger partial charge in [0.15, 0.2) is 0 Å². The average Bonchev–Trinajstić information content (AvgIpc) is 2.48. The number of anilines is 2. The summed E-state index contributed by atoms with van der Waals surface area (Å²) in [5.41, 5.74) is 2.01. The summed E-state index contributed by atoms with van der Waals surface area (Å²) < 4.78 is 31.6. The Labute approximate surface area is 173 Å². The maximum absolute atomic E-state index is 8.82. The van der Waals surface area contributed by atoms with Gasteiger partial charge in [0.05, 0.1) is 0 Å². The Kier molecular flexibility index (Phi) is 13.8. The third-order valence-corrected chi connectivity index (χ3v) is 2.31. The number of phenolic OH excluding ortho intramolecular Hbond substituents is 2. The summed E-state index contributed by atoms with van der Waals surface area (Å²) in [6.07, 6.45) is 0. The zero-order valence-electron chi connectivity index (χ0n) is 13.0. The molecule has 0 aliphatic carbocycles. The molecule has 0 aliphatic heterocycles. The first-order valence-corrected chi connectivity index (χ1v) is 7.69. The Bertz CT molecular complexity index is 609. The van der Waals surface area contributed by atoms with Crippen LogP contribution in [-0.4, -0.2) is 41.8 Å². The molecule has 24 heavy (non-hydrogen) atoms. The van der Waals surface area contributed by atoms with Crippen molar-refractivity contribution in [2.24, 2.45) is 0 Å². The molecule has 6 N–H and O–H groups in total. The molecule has 2 rings (SSSR count). The van der Waals surface area contributed by atoms with Crippen LogP contribution >= 0.6 is 0 Å². The Morgan fingerprint density at radius 1 is 0.708 bits per heavy atom. The second kappa shape index (κ2) is 13.2. The van der Waals surface area contributed by atoms with E-state index in [1.165, 1.54) is 0 Å². The quantitative estimate of drug-likeness (QED) is 0.272. The van der Waals surface area contributed by atoms with Crippen LogP contribution in [0.5, 0.6) is 11.5 Å². The molecule has 0 bridgehead atoms. The standard InChI is InChI=1S/2C7H9NO.Gd.H2O4S/c2*1-8-6-2-4-7(9)5-3-6;;1-5(2,3)4/h2*2-5,8-9H,1H3;;(H2,1,2,3,4). The van der Waals surface area contributed by atoms with E-state index >= 15 is 0 Å². The number of benzene rings is 2. The van der Waals surface area contributed by atoms with Crippen LogP contribution in [0.15, 0.2) is 48.5 Å². The van der Waals surface area contributed by atoms with E-state index in [1.54, 1.807) is 24.3 Å². The van der Waals surface area contributed by atoms with Crippen molar-refractivity contribution in [2.45, 2.75) is 0 Å². The number of nitrogens with one attached hydrogen (secondary N) is 2. The monoisotopic (exact) mass is 502 g/mol. The van der Waals surface area contributed by atoms with Crippen molar-refractivity contribution >= 4 is 21.8 Å². The van der Waals surface area contributed by atoms with Gasteiger partial charge >= 0.3 is 10.4 Å². The first kappa shape index (κ1) is 25.1. The predicted octanol–water partition coefficient (Wildman–Crippen LogP) is 2.21. The van der Waals surface area contributed by atoms with E-state index in [0.29, 0.717) is 11.5 Å². The van der Waals surface area contributed by atoms with Crippen molar-refractivity contribution in [2.75, 3.05) is 24.7 Å². The second-order valence-corrected chi connectivity index (χ2v) is 4.94. The summed E-state index contributed by atoms with van der Waals surface area (Å²) in [4.78, 5) is 0. The van der Waals surface area contributed by atoms with Gasteiger partial charge in [0.25, 0.3) is 0 Å². The Hall–Kier alpha value is -1.17. The van der Waals surface area contributed by atoms with Crippen LogP contribution in [0.25, 0.3) is 0 Å². The van der Waals surface area contributed by atoms with Crippen molar-refractivity contribution in [1.29, 1.82) is 0 Å². The SMILES string of the molecule is CNc1ccc(O)cc1.CNc1ccc(O)cc1.O=S(=O)(O)O.[Gd]. The van der Waals surface area contributed by atoms with Gasteiger partial charge in [-0.1, -0.05) is 0 Å². The normalized spacial score (nSPS) is 9.17. The molecule has 0 heterocycles. The number of aromatic hydroxyl groups is 2. The first-order valence-electron chi connectivity index (χ1n) is 6.29. The van der Waals surface area contributed by atoms with E-state index in [4.69, 9.17) is 27.7 Å². The van der Waals surface area contributed by atoms with Crippen molar-refractivity contribution in [1.82, 2.24) is 0 Å². The molecule has 0 amide bonds. The van der Waals surface area contributed by atoms with E-state index in [1.807, 2.05) is 38.4 Å². The molecule has 0 atom stereocenters. The molecule has 2 aromatic carbocycles. The molecule has 2 aromatic rings. The summed E-state index contributed by atoms with van der Waals surface area (Å²) in [7, 11) is -0.987. The Morgan fingerprint density at radius 2 is 0.917 bits per heavy atom. The van der Waals surface area contributed by atoms with Crippen LogP contribution in [0.4, 0.5) is 11.4 Å². The Morgan fingerprint density at radius 3 is 1.08 bits per heavy atom. The van der Waals surface area contributed by atoms with Gasteiger partial charge < -0.3 is 20.8 Å². The topological polar surface area (TPSA) is 139 Å². The minimum atomic E-state index is -4.67. The maximum atomic E-state index is 8.82. The van der Waals surface area contributed by atoms with Gasteiger partial charge in [-0.2, -0.15) is 8.42 Å². The third-order valence-electron chi connectivity index (χ3n) is 2.31. The number of phenols is 2. The van der Waals surface area contributed by atoms with Crippen LogP contribution in [-0.2, 0) is 10.4 Å². The summed E-state index contributed by atoms with van der Waals surface area (Å²) in [5.74, 6) is 0.600. The second-order valence-electron chi connectivity index (χ2n) is 4.04. The molecule has 0 aromatic heterocycles. The van der Waals surface area contributed by atoms with E-state index < -0.39 is 10.4 Å². The zero-order valence-corrected chi connectivity index (χ0v) is 16.1. The molecule has 0 aliphatic rings. The third kappa shape index (κ3) is 15.7. The number of hydrogen-bond donors (Lipinski definition) is 6. The summed E-state index contributed by atoms with van der Waals surface area (Å²) in [5, 5.41) is 23.5. The zero-order chi connectivity index (χ0) is 17.9. The average molecular weight is 502 g/mol. The number of hydrogen-bond acceptors (Lipinski definition) is 6. The molecule has 0 fully saturated rings. The van der Waals surface area contributed by atoms with Gasteiger partial charge in [-0.15, -0.1) is 0 Å². The maximum Gasteiger partial charge on any atom is 0.394 e. The summed E-state index contributed by atoms with van der Waals surface area (Å²) in [6.45, 7) is 0. The smallest absolute Gasteiger partial charge is 0.394 e. The van der Waals surface area contributed by atoms with Gasteiger partial charge in [0.1, 0.15) is 11.5 Å². The van der Waals surface area contributed by atoms with E-state index in [9.17, 15) is 0 Å². The Balaban J connectivity index is 0. The van der Waals surface area contributed by atoms with Crippen molar-refractivity contribution in [3.8, 4) is 11.5 Å². The minimum Gasteiger partial charge on any atom is -0.508 e. The predicted molar refractivity (Wildman–Crippen MR) is 89.5 cm³/mol. The van der Waals surface area contributed by atoms with Crippen LogP contribution in [0.3, 0.4) is 0 Å². The van der Waals surface area contributed by atoms with Crippen LogP contribution in [0.2, 0.25) is 0 Å². The fourth-order valence-electron chi connectivity index (χ4n) is 1.26. The molecule has 0 spiro atoms. The van der Waals surface area contributed by atoms with Gasteiger partial charge in [0, 0.05) is 65.4 Å². The molecule has 136 valence electrons. The van der Waals surface area contributed by atoms with Crippen molar-refractivity contribution in [3.63, 3.8) is 0 Å². The number of rotatable bonds is 2. The van der Waals surface area contributed by atoms with Gasteiger partial charge in [-0.3, -0.25) is 9.11 Å². The van der Waals surface area contributed by atoms with Crippen LogP contribution in [0.1, 0.15) is 0 Å². The van der Waals surface area contributed by atoms with E-state index in [-0.39, 0.29) is 39.9 Å². The first-order chi connectivity index (χ1) is 10.7. The molecular formula is C14H20GdN2O6S. The van der Waals surface area contributed by atoms with Crippen LogP contribution in [0, 0.1) is 39.9 Å². The fourth-order valence-corrected chi connectivity index (χ4v) is 1.26. The molecule has 0 saturated heterocycles. The minimum absolute atomic E-state index is 0. The van der Waals surface area contributed by atoms with Gasteiger partial charge in [-0.25, -0.2) is 0 Å². The van der Waals surface area contributed by atoms with E-state index in [2.05, 4.69) is 10.6 Å². The molecule has 0 unspecified atom stereocenters. The molecule has 0 radical (unpaired) electrons. The van der Waals surface area contributed by atoms with Crippen LogP contribution < -0.4 is 10.6 Å². The van der Waals surface area contributed by atoms with Crippen molar-refractivity contribution in [3.05, 3.63) is 48.5 Å². The van der Waals surface area contributed by atoms with Crippen molar-refractivity contribution < 1.29 is 67.7 Å². The largest absolute Gasteiger partial charge is 0.508 e. The molecule has 10 heteroatoms.